The minimum absolute atomic E-state index is 0.238. The van der Waals surface area contributed by atoms with Crippen LogP contribution >= 0.6 is 0 Å². The number of aliphatic hydroxyl groups excluding tert-OH is 1. The zero-order valence-corrected chi connectivity index (χ0v) is 9.61. The van der Waals surface area contributed by atoms with Gasteiger partial charge >= 0.3 is 0 Å². The Bertz CT molecular complexity index is 241. The first-order valence-electron chi connectivity index (χ1n) is 6.47. The Morgan fingerprint density at radius 3 is 2.53 bits per heavy atom. The third-order valence-electron chi connectivity index (χ3n) is 4.78. The van der Waals surface area contributed by atoms with Crippen LogP contribution in [0.2, 0.25) is 0 Å². The van der Waals surface area contributed by atoms with Crippen LogP contribution in [-0.2, 0) is 4.74 Å². The third-order valence-corrected chi connectivity index (χ3v) is 4.78. The summed E-state index contributed by atoms with van der Waals surface area (Å²) >= 11 is 0. The minimum atomic E-state index is 0.238. The predicted octanol–water partition coefficient (Wildman–Crippen LogP) is 2.35. The third kappa shape index (κ3) is 1.83. The van der Waals surface area contributed by atoms with Gasteiger partial charge in [0.25, 0.3) is 0 Å². The fourth-order valence-electron chi connectivity index (χ4n) is 3.88. The number of aliphatic hydroxyl groups is 1. The molecule has 0 bridgehead atoms. The summed E-state index contributed by atoms with van der Waals surface area (Å²) in [5.74, 6) is 1.91. The predicted molar refractivity (Wildman–Crippen MR) is 58.5 cm³/mol. The summed E-state index contributed by atoms with van der Waals surface area (Å²) in [7, 11) is 0. The Kier molecular flexibility index (Phi) is 2.33. The van der Waals surface area contributed by atoms with E-state index in [1.165, 1.54) is 32.1 Å². The largest absolute Gasteiger partial charge is 0.396 e. The molecule has 1 heterocycles. The normalized spacial score (nSPS) is 53.2. The molecule has 1 aliphatic heterocycles. The highest BCUT2D eigenvalue weighted by Crippen LogP contribution is 2.61. The van der Waals surface area contributed by atoms with Gasteiger partial charge in [-0.3, -0.25) is 0 Å². The second kappa shape index (κ2) is 3.46. The van der Waals surface area contributed by atoms with Crippen molar-refractivity contribution in [1.82, 2.24) is 0 Å². The van der Waals surface area contributed by atoms with E-state index in [9.17, 15) is 5.11 Å². The van der Waals surface area contributed by atoms with Crippen LogP contribution in [0.15, 0.2) is 0 Å². The van der Waals surface area contributed by atoms with Crippen LogP contribution in [0.25, 0.3) is 0 Å². The van der Waals surface area contributed by atoms with Crippen molar-refractivity contribution in [2.75, 3.05) is 6.61 Å². The Morgan fingerprint density at radius 2 is 2.00 bits per heavy atom. The first-order chi connectivity index (χ1) is 7.21. The van der Waals surface area contributed by atoms with E-state index in [-0.39, 0.29) is 5.41 Å². The van der Waals surface area contributed by atoms with Crippen LogP contribution in [0.4, 0.5) is 0 Å². The van der Waals surface area contributed by atoms with Gasteiger partial charge in [0.15, 0.2) is 0 Å². The van der Waals surface area contributed by atoms with Gasteiger partial charge in [0.2, 0.25) is 0 Å². The zero-order chi connectivity index (χ0) is 10.5. The van der Waals surface area contributed by atoms with Crippen LogP contribution < -0.4 is 0 Å². The highest BCUT2D eigenvalue weighted by molar-refractivity contribution is 5.04. The second-order valence-corrected chi connectivity index (χ2v) is 6.17. The van der Waals surface area contributed by atoms with Crippen LogP contribution in [0, 0.1) is 17.3 Å². The van der Waals surface area contributed by atoms with Crippen molar-refractivity contribution < 1.29 is 9.84 Å². The molecule has 1 N–H and O–H groups in total. The first kappa shape index (κ1) is 10.1. The summed E-state index contributed by atoms with van der Waals surface area (Å²) in [6.45, 7) is 2.55. The Labute approximate surface area is 92.0 Å². The Morgan fingerprint density at radius 1 is 1.27 bits per heavy atom. The molecule has 4 atom stereocenters. The van der Waals surface area contributed by atoms with Crippen LogP contribution in [0.5, 0.6) is 0 Å². The fraction of sp³-hybridized carbons (Fsp3) is 1.00. The van der Waals surface area contributed by atoms with Crippen molar-refractivity contribution >= 4 is 0 Å². The summed E-state index contributed by atoms with van der Waals surface area (Å²) < 4.78 is 5.89. The van der Waals surface area contributed by atoms with E-state index >= 15 is 0 Å². The van der Waals surface area contributed by atoms with E-state index in [1.54, 1.807) is 0 Å². The van der Waals surface area contributed by atoms with Crippen LogP contribution in [0.3, 0.4) is 0 Å². The summed E-state index contributed by atoms with van der Waals surface area (Å²) in [4.78, 5) is 0. The quantitative estimate of drug-likeness (QED) is 0.775. The molecule has 3 aliphatic rings. The number of rotatable bonds is 3. The molecular formula is C13H22O2. The SMILES string of the molecule is CC1CCC(CC2(CO)CC3CC3C2)O1. The monoisotopic (exact) mass is 210 g/mol. The van der Waals surface area contributed by atoms with E-state index in [0.717, 1.165) is 18.3 Å². The maximum Gasteiger partial charge on any atom is 0.0585 e. The standard InChI is InChI=1S/C13H22O2/c1-9-2-3-12(15-9)7-13(8-14)5-10-4-11(10)6-13/h9-12,14H,2-8H2,1H3. The topological polar surface area (TPSA) is 29.5 Å². The lowest BCUT2D eigenvalue weighted by Crippen LogP contribution is -2.29. The summed E-state index contributed by atoms with van der Waals surface area (Å²) in [6, 6.07) is 0. The molecular weight excluding hydrogens is 188 g/mol. The van der Waals surface area contributed by atoms with Gasteiger partial charge in [-0.1, -0.05) is 0 Å². The molecule has 0 aromatic heterocycles. The van der Waals surface area contributed by atoms with Crippen molar-refractivity contribution in [1.29, 1.82) is 0 Å². The molecule has 0 spiro atoms. The van der Waals surface area contributed by atoms with Gasteiger partial charge in [-0.25, -0.2) is 0 Å². The average Bonchev–Trinajstić information content (AvgIpc) is 2.65. The molecule has 2 saturated carbocycles. The number of hydrogen-bond acceptors (Lipinski definition) is 2. The van der Waals surface area contributed by atoms with E-state index in [1.807, 2.05) is 0 Å². The van der Waals surface area contributed by atoms with E-state index < -0.39 is 0 Å². The molecule has 0 amide bonds. The fourth-order valence-corrected chi connectivity index (χ4v) is 3.88. The van der Waals surface area contributed by atoms with E-state index in [4.69, 9.17) is 4.74 Å². The highest BCUT2D eigenvalue weighted by Gasteiger charge is 2.54. The molecule has 2 aliphatic carbocycles. The molecule has 15 heavy (non-hydrogen) atoms. The van der Waals surface area contributed by atoms with Gasteiger partial charge < -0.3 is 9.84 Å². The molecule has 86 valence electrons. The van der Waals surface area contributed by atoms with Crippen LogP contribution in [0.1, 0.15) is 45.4 Å². The minimum Gasteiger partial charge on any atom is -0.396 e. The van der Waals surface area contributed by atoms with Gasteiger partial charge in [-0.05, 0) is 62.7 Å². The van der Waals surface area contributed by atoms with Gasteiger partial charge in [0.1, 0.15) is 0 Å². The maximum atomic E-state index is 9.63. The lowest BCUT2D eigenvalue weighted by atomic mass is 9.78. The zero-order valence-electron chi connectivity index (χ0n) is 9.61. The van der Waals surface area contributed by atoms with Crippen molar-refractivity contribution in [2.24, 2.45) is 17.3 Å². The smallest absolute Gasteiger partial charge is 0.0585 e. The number of ether oxygens (including phenoxy) is 1. The summed E-state index contributed by atoms with van der Waals surface area (Å²) in [5, 5.41) is 9.63. The lowest BCUT2D eigenvalue weighted by Gasteiger charge is -2.31. The number of fused-ring (bicyclic) bond motifs is 1. The average molecular weight is 210 g/mol. The van der Waals surface area contributed by atoms with Crippen molar-refractivity contribution in [3.63, 3.8) is 0 Å². The Balaban J connectivity index is 1.60. The molecule has 0 aromatic rings. The molecule has 0 radical (unpaired) electrons. The van der Waals surface area contributed by atoms with E-state index in [2.05, 4.69) is 6.92 Å². The molecule has 0 aromatic carbocycles. The van der Waals surface area contributed by atoms with Gasteiger partial charge in [-0.15, -0.1) is 0 Å². The molecule has 4 unspecified atom stereocenters. The first-order valence-corrected chi connectivity index (χ1v) is 6.47. The van der Waals surface area contributed by atoms with Gasteiger partial charge in [0.05, 0.1) is 12.2 Å². The van der Waals surface area contributed by atoms with Crippen molar-refractivity contribution in [3.05, 3.63) is 0 Å². The number of hydrogen-bond donors (Lipinski definition) is 1. The second-order valence-electron chi connectivity index (χ2n) is 6.17. The Hall–Kier alpha value is -0.0800. The van der Waals surface area contributed by atoms with Crippen molar-refractivity contribution in [3.8, 4) is 0 Å². The maximum absolute atomic E-state index is 9.63. The van der Waals surface area contributed by atoms with Gasteiger partial charge in [-0.2, -0.15) is 0 Å². The summed E-state index contributed by atoms with van der Waals surface area (Å²) in [6.07, 6.45) is 8.37. The van der Waals surface area contributed by atoms with Crippen LogP contribution in [-0.4, -0.2) is 23.9 Å². The van der Waals surface area contributed by atoms with Gasteiger partial charge in [0, 0.05) is 6.61 Å². The highest BCUT2D eigenvalue weighted by atomic mass is 16.5. The van der Waals surface area contributed by atoms with E-state index in [0.29, 0.717) is 18.8 Å². The van der Waals surface area contributed by atoms with Crippen molar-refractivity contribution in [2.45, 2.75) is 57.7 Å². The molecule has 1 saturated heterocycles. The molecule has 2 heteroatoms. The molecule has 3 rings (SSSR count). The lowest BCUT2D eigenvalue weighted by molar-refractivity contribution is 0.00109. The summed E-state index contributed by atoms with van der Waals surface area (Å²) in [5.41, 5.74) is 0.238. The molecule has 2 nitrogen and oxygen atoms in total. The molecule has 3 fully saturated rings.